The standard InChI is InChI=1S/C19H20NO/c1-13-19(2,3)16-12-15(10-11-17(16)20(13)4)18(21)14-8-6-5-7-9-14/h5-12H,1-4H3/q+1. The van der Waals surface area contributed by atoms with Gasteiger partial charge < -0.3 is 0 Å². The van der Waals surface area contributed by atoms with E-state index in [-0.39, 0.29) is 11.2 Å². The summed E-state index contributed by atoms with van der Waals surface area (Å²) in [7, 11) is 2.08. The van der Waals surface area contributed by atoms with Crippen molar-refractivity contribution in [3.8, 4) is 0 Å². The third-order valence-corrected chi connectivity index (χ3v) is 4.74. The summed E-state index contributed by atoms with van der Waals surface area (Å²) in [4.78, 5) is 12.6. The van der Waals surface area contributed by atoms with Crippen LogP contribution in [0.15, 0.2) is 48.5 Å². The molecule has 1 heterocycles. The second-order valence-electron chi connectivity index (χ2n) is 6.20. The molecule has 2 aromatic carbocycles. The van der Waals surface area contributed by atoms with Gasteiger partial charge in [0.1, 0.15) is 7.05 Å². The van der Waals surface area contributed by atoms with Crippen LogP contribution in [0.1, 0.15) is 42.3 Å². The highest BCUT2D eigenvalue weighted by molar-refractivity contribution is 6.09. The number of carbonyl (C=O) groups excluding carboxylic acids is 1. The number of fused-ring (bicyclic) bond motifs is 1. The molecule has 1 aliphatic heterocycles. The second kappa shape index (κ2) is 4.66. The average molecular weight is 278 g/mol. The number of hydrogen-bond acceptors (Lipinski definition) is 1. The Morgan fingerprint density at radius 1 is 1.00 bits per heavy atom. The van der Waals surface area contributed by atoms with Gasteiger partial charge in [0.25, 0.3) is 0 Å². The van der Waals surface area contributed by atoms with Gasteiger partial charge in [0, 0.05) is 29.7 Å². The minimum absolute atomic E-state index is 0.0307. The van der Waals surface area contributed by atoms with E-state index in [9.17, 15) is 4.79 Å². The van der Waals surface area contributed by atoms with Crippen LogP contribution in [0.25, 0.3) is 0 Å². The van der Waals surface area contributed by atoms with Crippen molar-refractivity contribution in [2.45, 2.75) is 26.2 Å². The highest BCUT2D eigenvalue weighted by atomic mass is 16.1. The van der Waals surface area contributed by atoms with Crippen LogP contribution < -0.4 is 0 Å². The van der Waals surface area contributed by atoms with Crippen LogP contribution in [0.2, 0.25) is 0 Å². The van der Waals surface area contributed by atoms with E-state index in [1.54, 1.807) is 0 Å². The largest absolute Gasteiger partial charge is 0.289 e. The maximum atomic E-state index is 12.6. The molecule has 0 unspecified atom stereocenters. The Labute approximate surface area is 125 Å². The van der Waals surface area contributed by atoms with Crippen molar-refractivity contribution < 1.29 is 9.37 Å². The summed E-state index contributed by atoms with van der Waals surface area (Å²) in [6, 6.07) is 15.5. The molecule has 2 nitrogen and oxygen atoms in total. The van der Waals surface area contributed by atoms with Crippen molar-refractivity contribution in [3.05, 3.63) is 65.2 Å². The van der Waals surface area contributed by atoms with Crippen molar-refractivity contribution in [2.24, 2.45) is 0 Å². The highest BCUT2D eigenvalue weighted by Gasteiger charge is 2.41. The highest BCUT2D eigenvalue weighted by Crippen LogP contribution is 2.39. The molecule has 0 saturated carbocycles. The Morgan fingerprint density at radius 2 is 1.67 bits per heavy atom. The van der Waals surface area contributed by atoms with E-state index >= 15 is 0 Å². The fourth-order valence-electron chi connectivity index (χ4n) is 3.02. The Hall–Kier alpha value is -2.22. The van der Waals surface area contributed by atoms with Crippen molar-refractivity contribution in [1.29, 1.82) is 0 Å². The van der Waals surface area contributed by atoms with Crippen molar-refractivity contribution >= 4 is 17.2 Å². The Bertz CT molecular complexity index is 754. The Balaban J connectivity index is 2.08. The van der Waals surface area contributed by atoms with Gasteiger partial charge in [-0.25, -0.2) is 4.58 Å². The maximum absolute atomic E-state index is 12.6. The first kappa shape index (κ1) is 13.7. The van der Waals surface area contributed by atoms with E-state index in [0.717, 1.165) is 11.1 Å². The summed E-state index contributed by atoms with van der Waals surface area (Å²) in [6.07, 6.45) is 0. The van der Waals surface area contributed by atoms with Gasteiger partial charge >= 0.3 is 0 Å². The molecule has 2 heteroatoms. The first-order valence-electron chi connectivity index (χ1n) is 7.25. The SMILES string of the molecule is CC1=[N+](C)c2ccc(C(=O)c3ccccc3)cc2C1(C)C. The molecule has 0 fully saturated rings. The molecule has 0 radical (unpaired) electrons. The van der Waals surface area contributed by atoms with Crippen LogP contribution in [0, 0.1) is 0 Å². The summed E-state index contributed by atoms with van der Waals surface area (Å²) < 4.78 is 2.21. The summed E-state index contributed by atoms with van der Waals surface area (Å²) in [6.45, 7) is 6.57. The zero-order valence-electron chi connectivity index (χ0n) is 13.0. The van der Waals surface area contributed by atoms with E-state index in [4.69, 9.17) is 0 Å². The lowest BCUT2D eigenvalue weighted by Gasteiger charge is -2.15. The molecule has 2 aromatic rings. The first-order valence-corrected chi connectivity index (χ1v) is 7.25. The van der Waals surface area contributed by atoms with Gasteiger partial charge in [0.2, 0.25) is 5.69 Å². The molecule has 0 spiro atoms. The quantitative estimate of drug-likeness (QED) is 0.601. The third-order valence-electron chi connectivity index (χ3n) is 4.74. The van der Waals surface area contributed by atoms with Crippen LogP contribution in [0.4, 0.5) is 5.69 Å². The third kappa shape index (κ3) is 2.02. The number of carbonyl (C=O) groups is 1. The van der Waals surface area contributed by atoms with Crippen molar-refractivity contribution in [3.63, 3.8) is 0 Å². The fourth-order valence-corrected chi connectivity index (χ4v) is 3.02. The molecule has 0 saturated heterocycles. The molecule has 0 aromatic heterocycles. The fraction of sp³-hybridized carbons (Fsp3) is 0.263. The zero-order valence-corrected chi connectivity index (χ0v) is 13.0. The van der Waals surface area contributed by atoms with Gasteiger partial charge in [0.05, 0.1) is 5.41 Å². The monoisotopic (exact) mass is 278 g/mol. The summed E-state index contributed by atoms with van der Waals surface area (Å²) in [5, 5.41) is 0. The van der Waals surface area contributed by atoms with Crippen molar-refractivity contribution in [1.82, 2.24) is 0 Å². The van der Waals surface area contributed by atoms with E-state index in [2.05, 4.69) is 44.5 Å². The minimum atomic E-state index is -0.0307. The number of hydrogen-bond donors (Lipinski definition) is 0. The average Bonchev–Trinajstić information content (AvgIpc) is 2.68. The summed E-state index contributed by atoms with van der Waals surface area (Å²) in [5.41, 5.74) is 5.20. The van der Waals surface area contributed by atoms with E-state index in [0.29, 0.717) is 0 Å². The molecular formula is C19H20NO+. The van der Waals surface area contributed by atoms with Crippen LogP contribution >= 0.6 is 0 Å². The van der Waals surface area contributed by atoms with Crippen LogP contribution in [0.3, 0.4) is 0 Å². The predicted molar refractivity (Wildman–Crippen MR) is 85.9 cm³/mol. The van der Waals surface area contributed by atoms with Gasteiger partial charge in [-0.05, 0) is 26.0 Å². The van der Waals surface area contributed by atoms with Crippen LogP contribution in [0.5, 0.6) is 0 Å². The molecule has 0 amide bonds. The summed E-state index contributed by atoms with van der Waals surface area (Å²) in [5.74, 6) is 0.0846. The lowest BCUT2D eigenvalue weighted by Crippen LogP contribution is -2.25. The normalized spacial score (nSPS) is 16.0. The van der Waals surface area contributed by atoms with E-state index < -0.39 is 0 Å². The van der Waals surface area contributed by atoms with Crippen LogP contribution in [-0.2, 0) is 5.41 Å². The lowest BCUT2D eigenvalue weighted by atomic mass is 9.81. The topological polar surface area (TPSA) is 20.1 Å². The number of benzene rings is 2. The van der Waals surface area contributed by atoms with Gasteiger partial charge in [-0.3, -0.25) is 4.79 Å². The Morgan fingerprint density at radius 3 is 2.33 bits per heavy atom. The molecule has 106 valence electrons. The van der Waals surface area contributed by atoms with E-state index in [1.807, 2.05) is 36.4 Å². The molecule has 0 N–H and O–H groups in total. The number of nitrogens with zero attached hydrogens (tertiary/aromatic N) is 1. The lowest BCUT2D eigenvalue weighted by molar-refractivity contribution is -0.403. The Kier molecular flexibility index (Phi) is 3.05. The molecule has 3 rings (SSSR count). The first-order chi connectivity index (χ1) is 9.93. The van der Waals surface area contributed by atoms with Gasteiger partial charge in [-0.15, -0.1) is 0 Å². The van der Waals surface area contributed by atoms with E-state index in [1.165, 1.54) is 17.0 Å². The number of rotatable bonds is 2. The predicted octanol–water partition coefficient (Wildman–Crippen LogP) is 3.94. The summed E-state index contributed by atoms with van der Waals surface area (Å²) >= 11 is 0. The molecular weight excluding hydrogens is 258 g/mol. The van der Waals surface area contributed by atoms with Gasteiger partial charge in [-0.2, -0.15) is 0 Å². The van der Waals surface area contributed by atoms with Gasteiger partial charge in [-0.1, -0.05) is 30.3 Å². The molecule has 0 atom stereocenters. The zero-order chi connectivity index (χ0) is 15.2. The maximum Gasteiger partial charge on any atom is 0.209 e. The number of ketones is 1. The second-order valence-corrected chi connectivity index (χ2v) is 6.20. The van der Waals surface area contributed by atoms with Gasteiger partial charge in [0.15, 0.2) is 11.5 Å². The van der Waals surface area contributed by atoms with Crippen molar-refractivity contribution in [2.75, 3.05) is 7.05 Å². The smallest absolute Gasteiger partial charge is 0.209 e. The minimum Gasteiger partial charge on any atom is -0.289 e. The van der Waals surface area contributed by atoms with Crippen LogP contribution in [-0.4, -0.2) is 23.1 Å². The molecule has 21 heavy (non-hydrogen) atoms. The molecule has 1 aliphatic rings. The molecule has 0 bridgehead atoms. The molecule has 0 aliphatic carbocycles.